The van der Waals surface area contributed by atoms with Gasteiger partial charge in [-0.2, -0.15) is 0 Å². The van der Waals surface area contributed by atoms with Crippen molar-refractivity contribution in [3.8, 4) is 0 Å². The van der Waals surface area contributed by atoms with E-state index in [1.807, 2.05) is 0 Å². The Labute approximate surface area is 95.3 Å². The molecule has 0 saturated heterocycles. The molecular formula is C12H22GeSn. The summed E-state index contributed by atoms with van der Waals surface area (Å²) in [6, 6.07) is 9.21. The summed E-state index contributed by atoms with van der Waals surface area (Å²) < 4.78 is 3.50. The van der Waals surface area contributed by atoms with Gasteiger partial charge < -0.3 is 0 Å². The Morgan fingerprint density at radius 2 is 1.43 bits per heavy atom. The van der Waals surface area contributed by atoms with E-state index in [-0.39, 0.29) is 0 Å². The van der Waals surface area contributed by atoms with E-state index < -0.39 is 31.6 Å². The van der Waals surface area contributed by atoms with E-state index in [4.69, 9.17) is 0 Å². The molecule has 0 saturated carbocycles. The molecule has 0 aliphatic carbocycles. The van der Waals surface area contributed by atoms with Crippen LogP contribution >= 0.6 is 0 Å². The second-order valence-corrected chi connectivity index (χ2v) is 31.0. The number of hydrogen-bond donors (Lipinski definition) is 0. The van der Waals surface area contributed by atoms with E-state index in [0.717, 1.165) is 0 Å². The van der Waals surface area contributed by atoms with Crippen LogP contribution in [0.4, 0.5) is 0 Å². The number of hydrogen-bond acceptors (Lipinski definition) is 0. The average molecular weight is 358 g/mol. The molecule has 0 nitrogen and oxygen atoms in total. The van der Waals surface area contributed by atoms with Gasteiger partial charge in [-0.25, -0.2) is 0 Å². The van der Waals surface area contributed by atoms with Gasteiger partial charge in [0.25, 0.3) is 0 Å². The second-order valence-electron chi connectivity index (χ2n) is 6.05. The van der Waals surface area contributed by atoms with Gasteiger partial charge in [0.1, 0.15) is 0 Å². The standard InChI is InChI=1S/C9H13Ge.3CH3.Sn/c1-10(2,3)9-7-5-4-6-8-9;;;;/h4-7H,1-3H3;3*1H3;. The van der Waals surface area contributed by atoms with Gasteiger partial charge >= 0.3 is 96.0 Å². The van der Waals surface area contributed by atoms with Crippen LogP contribution in [0.1, 0.15) is 0 Å². The van der Waals surface area contributed by atoms with E-state index in [1.54, 1.807) is 7.98 Å². The van der Waals surface area contributed by atoms with E-state index in [2.05, 4.69) is 56.4 Å². The molecule has 0 fully saturated rings. The Kier molecular flexibility index (Phi) is 3.79. The van der Waals surface area contributed by atoms with Crippen LogP contribution < -0.4 is 7.98 Å². The SMILES string of the molecule is [CH3][Ge]([CH3])([CH3])[c]1cccc[c]1[Sn]([CH3])([CH3])[CH3]. The molecule has 0 aliphatic rings. The topological polar surface area (TPSA) is 0 Å². The first-order valence-electron chi connectivity index (χ1n) is 5.33. The molecule has 14 heavy (non-hydrogen) atoms. The molecule has 0 aromatic heterocycles. The zero-order valence-electron chi connectivity index (χ0n) is 10.3. The molecular weight excluding hydrogens is 335 g/mol. The monoisotopic (exact) mass is 360 g/mol. The molecule has 0 bridgehead atoms. The third-order valence-electron chi connectivity index (χ3n) is 2.54. The Morgan fingerprint density at radius 3 is 1.79 bits per heavy atom. The molecule has 1 aromatic carbocycles. The first-order valence-corrected chi connectivity index (χ1v) is 22.7. The van der Waals surface area contributed by atoms with E-state index >= 15 is 0 Å². The minimum absolute atomic E-state index is 1.63. The molecule has 0 N–H and O–H groups in total. The summed E-state index contributed by atoms with van der Waals surface area (Å²) in [5.74, 6) is 7.49. The molecule has 1 aromatic rings. The van der Waals surface area contributed by atoms with Crippen LogP contribution in [-0.2, 0) is 0 Å². The van der Waals surface area contributed by atoms with Crippen LogP contribution in [0.2, 0.25) is 32.1 Å². The van der Waals surface area contributed by atoms with Crippen molar-refractivity contribution in [1.82, 2.24) is 0 Å². The third kappa shape index (κ3) is 3.02. The van der Waals surface area contributed by atoms with Gasteiger partial charge in [0.2, 0.25) is 0 Å². The average Bonchev–Trinajstić information content (AvgIpc) is 2.01. The van der Waals surface area contributed by atoms with Crippen LogP contribution in [0.3, 0.4) is 0 Å². The molecule has 0 unspecified atom stereocenters. The first kappa shape index (κ1) is 12.6. The van der Waals surface area contributed by atoms with E-state index in [1.165, 1.54) is 0 Å². The molecule has 0 atom stereocenters. The molecule has 0 amide bonds. The molecule has 1 rings (SSSR count). The fourth-order valence-corrected chi connectivity index (χ4v) is 20.0. The minimum atomic E-state index is -1.87. The predicted octanol–water partition coefficient (Wildman–Crippen LogP) is 2.78. The van der Waals surface area contributed by atoms with E-state index in [9.17, 15) is 0 Å². The molecule has 0 aliphatic heterocycles. The van der Waals surface area contributed by atoms with Gasteiger partial charge in [0, 0.05) is 0 Å². The van der Waals surface area contributed by atoms with Crippen molar-refractivity contribution in [1.29, 1.82) is 0 Å². The second kappa shape index (κ2) is 4.20. The van der Waals surface area contributed by atoms with Gasteiger partial charge in [-0.3, -0.25) is 0 Å². The van der Waals surface area contributed by atoms with Gasteiger partial charge in [-0.1, -0.05) is 0 Å². The van der Waals surface area contributed by atoms with Gasteiger partial charge in [0.05, 0.1) is 0 Å². The van der Waals surface area contributed by atoms with Gasteiger partial charge in [-0.15, -0.1) is 0 Å². The zero-order valence-corrected chi connectivity index (χ0v) is 15.3. The van der Waals surface area contributed by atoms with Crippen molar-refractivity contribution in [3.05, 3.63) is 24.3 Å². The quantitative estimate of drug-likeness (QED) is 0.714. The zero-order chi connectivity index (χ0) is 11.0. The molecule has 78 valence electrons. The third-order valence-corrected chi connectivity index (χ3v) is 14.2. The van der Waals surface area contributed by atoms with Crippen molar-refractivity contribution in [2.24, 2.45) is 0 Å². The molecule has 0 heterocycles. The summed E-state index contributed by atoms with van der Waals surface area (Å²) in [4.78, 5) is 7.55. The normalized spacial score (nSPS) is 13.0. The number of rotatable bonds is 2. The van der Waals surface area contributed by atoms with Crippen LogP contribution in [-0.4, -0.2) is 31.6 Å². The Hall–Kier alpha value is 0.562. The van der Waals surface area contributed by atoms with Crippen molar-refractivity contribution >= 4 is 39.6 Å². The summed E-state index contributed by atoms with van der Waals surface area (Å²) in [5.41, 5.74) is 0. The van der Waals surface area contributed by atoms with Crippen molar-refractivity contribution in [2.45, 2.75) is 32.1 Å². The van der Waals surface area contributed by atoms with E-state index in [0.29, 0.717) is 0 Å². The number of benzene rings is 1. The van der Waals surface area contributed by atoms with Crippen LogP contribution in [0.15, 0.2) is 24.3 Å². The molecule has 2 heteroatoms. The fraction of sp³-hybridized carbons (Fsp3) is 0.500. The van der Waals surface area contributed by atoms with Crippen molar-refractivity contribution in [3.63, 3.8) is 0 Å². The summed E-state index contributed by atoms with van der Waals surface area (Å²) in [7, 11) is 0. The van der Waals surface area contributed by atoms with Crippen LogP contribution in [0.5, 0.6) is 0 Å². The van der Waals surface area contributed by atoms with Crippen molar-refractivity contribution < 1.29 is 0 Å². The summed E-state index contributed by atoms with van der Waals surface area (Å²) in [6.45, 7) is 0. The Balaban J connectivity index is 3.31. The first-order chi connectivity index (χ1) is 6.23. The maximum absolute atomic E-state index is 2.52. The van der Waals surface area contributed by atoms with Gasteiger partial charge in [0.15, 0.2) is 0 Å². The van der Waals surface area contributed by atoms with Crippen LogP contribution in [0.25, 0.3) is 0 Å². The summed E-state index contributed by atoms with van der Waals surface area (Å²) in [5, 5.41) is 0. The Bertz CT molecular complexity index is 285. The van der Waals surface area contributed by atoms with Crippen LogP contribution in [0, 0.1) is 0 Å². The molecule has 0 spiro atoms. The molecule has 0 radical (unpaired) electrons. The Morgan fingerprint density at radius 1 is 0.929 bits per heavy atom. The maximum atomic E-state index is 2.52. The predicted molar refractivity (Wildman–Crippen MR) is 72.4 cm³/mol. The van der Waals surface area contributed by atoms with Crippen molar-refractivity contribution in [2.75, 3.05) is 0 Å². The summed E-state index contributed by atoms with van der Waals surface area (Å²) in [6.07, 6.45) is 0. The fourth-order valence-electron chi connectivity index (χ4n) is 1.79. The van der Waals surface area contributed by atoms with Gasteiger partial charge in [-0.05, 0) is 0 Å². The summed E-state index contributed by atoms with van der Waals surface area (Å²) >= 11 is -3.51.